The van der Waals surface area contributed by atoms with E-state index in [0.29, 0.717) is 14.5 Å². The van der Waals surface area contributed by atoms with E-state index < -0.39 is 29.7 Å². The summed E-state index contributed by atoms with van der Waals surface area (Å²) in [6.45, 7) is 0. The molecule has 0 spiro atoms. The normalized spacial score (nSPS) is 12.5. The minimum absolute atomic E-state index is 0.144. The predicted octanol–water partition coefficient (Wildman–Crippen LogP) is 4.66. The fourth-order valence-electron chi connectivity index (χ4n) is 2.19. The van der Waals surface area contributed by atoms with E-state index in [4.69, 9.17) is 0 Å². The van der Waals surface area contributed by atoms with Gasteiger partial charge in [0.2, 0.25) is 0 Å². The van der Waals surface area contributed by atoms with Crippen LogP contribution in [0.15, 0.2) is 51.4 Å². The summed E-state index contributed by atoms with van der Waals surface area (Å²) >= 11 is 6.47. The van der Waals surface area contributed by atoms with Crippen LogP contribution >= 0.6 is 31.9 Å². The van der Waals surface area contributed by atoms with Crippen LogP contribution in [0.1, 0.15) is 21.5 Å². The van der Waals surface area contributed by atoms with Gasteiger partial charge in [-0.1, -0.05) is 44.0 Å². The van der Waals surface area contributed by atoms with Gasteiger partial charge in [0.15, 0.2) is 0 Å². The molecule has 2 rings (SSSR count). The van der Waals surface area contributed by atoms with Crippen LogP contribution in [-0.4, -0.2) is 23.0 Å². The van der Waals surface area contributed by atoms with Crippen LogP contribution in [0, 0.1) is 0 Å². The van der Waals surface area contributed by atoms with Gasteiger partial charge in [-0.05, 0) is 35.9 Å². The largest absolute Gasteiger partial charge is 0.480 e. The van der Waals surface area contributed by atoms with E-state index >= 15 is 0 Å². The summed E-state index contributed by atoms with van der Waals surface area (Å²) in [5, 5.41) is 11.7. The molecule has 0 heterocycles. The summed E-state index contributed by atoms with van der Waals surface area (Å²) in [4.78, 5) is 23.7. The van der Waals surface area contributed by atoms with Gasteiger partial charge in [-0.2, -0.15) is 13.2 Å². The minimum Gasteiger partial charge on any atom is -0.480 e. The Kier molecular flexibility index (Phi) is 6.46. The highest BCUT2D eigenvalue weighted by molar-refractivity contribution is 9.11. The van der Waals surface area contributed by atoms with Gasteiger partial charge in [-0.25, -0.2) is 4.79 Å². The van der Waals surface area contributed by atoms with Gasteiger partial charge >= 0.3 is 12.1 Å². The number of carbonyl (C=O) groups excluding carboxylic acids is 1. The first-order chi connectivity index (χ1) is 12.1. The van der Waals surface area contributed by atoms with Crippen molar-refractivity contribution < 1.29 is 27.9 Å². The van der Waals surface area contributed by atoms with Crippen LogP contribution in [0.3, 0.4) is 0 Å². The molecule has 1 atom stereocenters. The summed E-state index contributed by atoms with van der Waals surface area (Å²) in [5.41, 5.74) is -0.220. The number of carbonyl (C=O) groups is 2. The predicted molar refractivity (Wildman–Crippen MR) is 95.9 cm³/mol. The molecule has 0 aliphatic heterocycles. The standard InChI is InChI=1S/C17H12Br2F3NO3/c18-12-6-10(7-13(19)8-12)15(24)23-14(16(25)26)5-9-1-3-11(4-2-9)17(20,21)22/h1-4,6-8,14H,5H2,(H,23,24)(H,25,26)/t14-/m1/s1. The Labute approximate surface area is 163 Å². The fraction of sp³-hybridized carbons (Fsp3) is 0.176. The van der Waals surface area contributed by atoms with Crippen molar-refractivity contribution in [3.8, 4) is 0 Å². The number of nitrogens with one attached hydrogen (secondary N) is 1. The number of carboxylic acid groups (broad SMARTS) is 1. The summed E-state index contributed by atoms with van der Waals surface area (Å²) in [6, 6.07) is 7.63. The zero-order valence-corrected chi connectivity index (χ0v) is 16.2. The van der Waals surface area contributed by atoms with Crippen LogP contribution in [0.5, 0.6) is 0 Å². The Balaban J connectivity index is 2.14. The highest BCUT2D eigenvalue weighted by atomic mass is 79.9. The molecule has 0 fully saturated rings. The highest BCUT2D eigenvalue weighted by Crippen LogP contribution is 2.29. The monoisotopic (exact) mass is 493 g/mol. The smallest absolute Gasteiger partial charge is 0.416 e. The molecule has 2 N–H and O–H groups in total. The Bertz CT molecular complexity index is 803. The molecule has 1 amide bonds. The van der Waals surface area contributed by atoms with E-state index in [1.54, 1.807) is 6.07 Å². The molecule has 2 aromatic rings. The average Bonchev–Trinajstić information content (AvgIpc) is 2.52. The molecular formula is C17H12Br2F3NO3. The molecule has 9 heteroatoms. The minimum atomic E-state index is -4.47. The first kappa shape index (κ1) is 20.4. The number of rotatable bonds is 5. The van der Waals surface area contributed by atoms with Crippen molar-refractivity contribution in [3.05, 3.63) is 68.1 Å². The lowest BCUT2D eigenvalue weighted by Crippen LogP contribution is -2.42. The van der Waals surface area contributed by atoms with Gasteiger partial charge in [0.05, 0.1) is 5.56 Å². The lowest BCUT2D eigenvalue weighted by Gasteiger charge is -2.15. The lowest BCUT2D eigenvalue weighted by molar-refractivity contribution is -0.139. The van der Waals surface area contributed by atoms with Crippen molar-refractivity contribution >= 4 is 43.7 Å². The molecule has 0 aliphatic carbocycles. The summed E-state index contributed by atoms with van der Waals surface area (Å²) in [6.07, 6.45) is -4.61. The number of aliphatic carboxylic acids is 1. The van der Waals surface area contributed by atoms with E-state index in [-0.39, 0.29) is 12.0 Å². The van der Waals surface area contributed by atoms with Gasteiger partial charge < -0.3 is 10.4 Å². The third-order valence-electron chi connectivity index (χ3n) is 3.45. The Hall–Kier alpha value is -1.87. The van der Waals surface area contributed by atoms with Crippen LogP contribution < -0.4 is 5.32 Å². The van der Waals surface area contributed by atoms with E-state index in [1.165, 1.54) is 24.3 Å². The molecule has 0 saturated carbocycles. The van der Waals surface area contributed by atoms with Crippen molar-refractivity contribution in [2.45, 2.75) is 18.6 Å². The van der Waals surface area contributed by atoms with E-state index in [9.17, 15) is 27.9 Å². The van der Waals surface area contributed by atoms with Crippen LogP contribution in [0.2, 0.25) is 0 Å². The Morgan fingerprint density at radius 1 is 1.04 bits per heavy atom. The number of benzene rings is 2. The van der Waals surface area contributed by atoms with Crippen molar-refractivity contribution in [3.63, 3.8) is 0 Å². The lowest BCUT2D eigenvalue weighted by atomic mass is 10.0. The molecule has 4 nitrogen and oxygen atoms in total. The van der Waals surface area contributed by atoms with Crippen molar-refractivity contribution in [1.82, 2.24) is 5.32 Å². The second-order valence-corrected chi connectivity index (χ2v) is 7.25. The fourth-order valence-corrected chi connectivity index (χ4v) is 3.49. The van der Waals surface area contributed by atoms with Gasteiger partial charge in [0, 0.05) is 20.9 Å². The Morgan fingerprint density at radius 3 is 2.04 bits per heavy atom. The third kappa shape index (κ3) is 5.57. The maximum absolute atomic E-state index is 12.6. The summed E-state index contributed by atoms with van der Waals surface area (Å²) in [7, 11) is 0. The average molecular weight is 495 g/mol. The first-order valence-corrected chi connectivity index (χ1v) is 8.81. The van der Waals surface area contributed by atoms with Crippen LogP contribution in [0.4, 0.5) is 13.2 Å². The van der Waals surface area contributed by atoms with Gasteiger partial charge in [0.1, 0.15) is 6.04 Å². The topological polar surface area (TPSA) is 66.4 Å². The zero-order valence-electron chi connectivity index (χ0n) is 13.0. The van der Waals surface area contributed by atoms with Gasteiger partial charge in [-0.3, -0.25) is 4.79 Å². The molecule has 138 valence electrons. The molecular weight excluding hydrogens is 483 g/mol. The number of alkyl halides is 3. The molecule has 0 saturated heterocycles. The molecule has 2 aromatic carbocycles. The maximum atomic E-state index is 12.6. The molecule has 0 aliphatic rings. The Morgan fingerprint density at radius 2 is 1.58 bits per heavy atom. The van der Waals surface area contributed by atoms with E-state index in [0.717, 1.165) is 12.1 Å². The quantitative estimate of drug-likeness (QED) is 0.635. The van der Waals surface area contributed by atoms with E-state index in [2.05, 4.69) is 37.2 Å². The number of amides is 1. The summed E-state index contributed by atoms with van der Waals surface area (Å²) < 4.78 is 39.0. The highest BCUT2D eigenvalue weighted by Gasteiger charge is 2.30. The third-order valence-corrected chi connectivity index (χ3v) is 4.36. The number of halogens is 5. The number of hydrogen-bond donors (Lipinski definition) is 2. The second kappa shape index (κ2) is 8.22. The van der Waals surface area contributed by atoms with Crippen molar-refractivity contribution in [2.75, 3.05) is 0 Å². The molecule has 0 bridgehead atoms. The van der Waals surface area contributed by atoms with Crippen molar-refractivity contribution in [1.29, 1.82) is 0 Å². The molecule has 0 aromatic heterocycles. The van der Waals surface area contributed by atoms with Gasteiger partial charge in [-0.15, -0.1) is 0 Å². The SMILES string of the molecule is O=C(N[C@H](Cc1ccc(C(F)(F)F)cc1)C(=O)O)c1cc(Br)cc(Br)c1. The van der Waals surface area contributed by atoms with Gasteiger partial charge in [0.25, 0.3) is 5.91 Å². The molecule has 0 unspecified atom stereocenters. The van der Waals surface area contributed by atoms with Crippen LogP contribution in [-0.2, 0) is 17.4 Å². The zero-order chi connectivity index (χ0) is 19.5. The number of carboxylic acids is 1. The van der Waals surface area contributed by atoms with E-state index in [1.807, 2.05) is 0 Å². The summed E-state index contributed by atoms with van der Waals surface area (Å²) in [5.74, 6) is -1.89. The maximum Gasteiger partial charge on any atom is 0.416 e. The first-order valence-electron chi connectivity index (χ1n) is 7.22. The molecule has 0 radical (unpaired) electrons. The van der Waals surface area contributed by atoms with Crippen LogP contribution in [0.25, 0.3) is 0 Å². The molecule has 26 heavy (non-hydrogen) atoms. The number of hydrogen-bond acceptors (Lipinski definition) is 2. The second-order valence-electron chi connectivity index (χ2n) is 5.42. The van der Waals surface area contributed by atoms with Crippen molar-refractivity contribution in [2.24, 2.45) is 0 Å².